The summed E-state index contributed by atoms with van der Waals surface area (Å²) in [4.78, 5) is 2.60. The maximum Gasteiger partial charge on any atom is 0.0220 e. The first-order chi connectivity index (χ1) is 9.16. The summed E-state index contributed by atoms with van der Waals surface area (Å²) in [5.74, 6) is 0. The first kappa shape index (κ1) is 15.0. The van der Waals surface area contributed by atoms with Crippen LogP contribution in [0.1, 0.15) is 38.7 Å². The number of hydrogen-bond acceptors (Lipinski definition) is 2. The largest absolute Gasteiger partial charge is 0.310 e. The molecule has 0 bridgehead atoms. The summed E-state index contributed by atoms with van der Waals surface area (Å²) in [6.07, 6.45) is 3.88. The molecule has 2 nitrogen and oxygen atoms in total. The molecule has 0 spiro atoms. The summed E-state index contributed by atoms with van der Waals surface area (Å²) in [6.45, 7) is 8.05. The Hall–Kier alpha value is -0.380. The van der Waals surface area contributed by atoms with Crippen molar-refractivity contribution in [2.45, 2.75) is 51.7 Å². The average Bonchev–Trinajstić information content (AvgIpc) is 2.63. The Morgan fingerprint density at radius 1 is 1.26 bits per heavy atom. The summed E-state index contributed by atoms with van der Waals surface area (Å²) in [5, 5.41) is 3.72. The van der Waals surface area contributed by atoms with Gasteiger partial charge in [-0.25, -0.2) is 0 Å². The molecule has 2 rings (SSSR count). The van der Waals surface area contributed by atoms with Gasteiger partial charge in [0.05, 0.1) is 0 Å². The van der Waals surface area contributed by atoms with Crippen LogP contribution in [0.3, 0.4) is 0 Å². The predicted octanol–water partition coefficient (Wildman–Crippen LogP) is 3.80. The molecule has 1 saturated heterocycles. The number of rotatable bonds is 4. The van der Waals surface area contributed by atoms with E-state index in [2.05, 4.69) is 64.3 Å². The fourth-order valence-corrected chi connectivity index (χ4v) is 3.16. The van der Waals surface area contributed by atoms with Crippen molar-refractivity contribution >= 4 is 15.9 Å². The van der Waals surface area contributed by atoms with E-state index in [4.69, 9.17) is 0 Å². The Labute approximate surface area is 125 Å². The van der Waals surface area contributed by atoms with Crippen LogP contribution in [0.5, 0.6) is 0 Å². The summed E-state index contributed by atoms with van der Waals surface area (Å²) in [5.41, 5.74) is 1.35. The SMILES string of the molecule is CC(C)N1CCCC(NCc2ccccc2Br)CC1. The molecule has 1 aliphatic rings. The Morgan fingerprint density at radius 2 is 2.05 bits per heavy atom. The zero-order valence-corrected chi connectivity index (χ0v) is 13.6. The predicted molar refractivity (Wildman–Crippen MR) is 85.3 cm³/mol. The highest BCUT2D eigenvalue weighted by Crippen LogP contribution is 2.17. The number of nitrogens with zero attached hydrogens (tertiary/aromatic N) is 1. The molecular weight excluding hydrogens is 300 g/mol. The molecule has 1 N–H and O–H groups in total. The number of nitrogens with one attached hydrogen (secondary N) is 1. The van der Waals surface area contributed by atoms with E-state index >= 15 is 0 Å². The van der Waals surface area contributed by atoms with Crippen LogP contribution in [-0.2, 0) is 6.54 Å². The van der Waals surface area contributed by atoms with Gasteiger partial charge >= 0.3 is 0 Å². The molecule has 0 amide bonds. The lowest BCUT2D eigenvalue weighted by atomic mass is 10.1. The quantitative estimate of drug-likeness (QED) is 0.906. The van der Waals surface area contributed by atoms with Gasteiger partial charge in [0, 0.05) is 23.1 Å². The summed E-state index contributed by atoms with van der Waals surface area (Å²) < 4.78 is 1.21. The molecule has 1 heterocycles. The average molecular weight is 325 g/mol. The van der Waals surface area contributed by atoms with Gasteiger partial charge in [-0.1, -0.05) is 34.1 Å². The number of halogens is 1. The first-order valence-corrected chi connectivity index (χ1v) is 8.17. The van der Waals surface area contributed by atoms with E-state index in [1.807, 2.05) is 0 Å². The minimum Gasteiger partial charge on any atom is -0.310 e. The maximum absolute atomic E-state index is 3.72. The van der Waals surface area contributed by atoms with Crippen LogP contribution in [0.25, 0.3) is 0 Å². The van der Waals surface area contributed by atoms with Crippen LogP contribution in [-0.4, -0.2) is 30.1 Å². The summed E-state index contributed by atoms with van der Waals surface area (Å²) >= 11 is 3.62. The molecule has 19 heavy (non-hydrogen) atoms. The minimum absolute atomic E-state index is 0.663. The highest BCUT2D eigenvalue weighted by Gasteiger charge is 2.18. The normalized spacial score (nSPS) is 21.6. The summed E-state index contributed by atoms with van der Waals surface area (Å²) in [7, 11) is 0. The van der Waals surface area contributed by atoms with Gasteiger partial charge in [-0.05, 0) is 57.8 Å². The van der Waals surface area contributed by atoms with Gasteiger partial charge in [-0.2, -0.15) is 0 Å². The van der Waals surface area contributed by atoms with Gasteiger partial charge in [0.15, 0.2) is 0 Å². The fraction of sp³-hybridized carbons (Fsp3) is 0.625. The second-order valence-corrected chi connectivity index (χ2v) is 6.58. The van der Waals surface area contributed by atoms with E-state index in [0.717, 1.165) is 6.54 Å². The second-order valence-electron chi connectivity index (χ2n) is 5.73. The van der Waals surface area contributed by atoms with Crippen molar-refractivity contribution in [1.82, 2.24) is 10.2 Å². The van der Waals surface area contributed by atoms with Gasteiger partial charge in [0.25, 0.3) is 0 Å². The molecule has 1 aromatic rings. The van der Waals surface area contributed by atoms with Gasteiger partial charge in [-0.3, -0.25) is 0 Å². The van der Waals surface area contributed by atoms with Crippen molar-refractivity contribution in [3.05, 3.63) is 34.3 Å². The monoisotopic (exact) mass is 324 g/mol. The number of hydrogen-bond donors (Lipinski definition) is 1. The number of benzene rings is 1. The van der Waals surface area contributed by atoms with Crippen molar-refractivity contribution < 1.29 is 0 Å². The third-order valence-corrected chi connectivity index (χ3v) is 4.81. The van der Waals surface area contributed by atoms with Gasteiger partial charge < -0.3 is 10.2 Å². The molecule has 3 heteroatoms. The zero-order chi connectivity index (χ0) is 13.7. The first-order valence-electron chi connectivity index (χ1n) is 7.37. The lowest BCUT2D eigenvalue weighted by Crippen LogP contribution is -2.33. The van der Waals surface area contributed by atoms with Crippen LogP contribution in [0, 0.1) is 0 Å². The molecule has 1 fully saturated rings. The second kappa shape index (κ2) is 7.41. The topological polar surface area (TPSA) is 15.3 Å². The van der Waals surface area contributed by atoms with E-state index in [0.29, 0.717) is 12.1 Å². The van der Waals surface area contributed by atoms with E-state index in [-0.39, 0.29) is 0 Å². The Balaban J connectivity index is 1.82. The van der Waals surface area contributed by atoms with Crippen LogP contribution < -0.4 is 5.32 Å². The lowest BCUT2D eigenvalue weighted by Gasteiger charge is -2.24. The van der Waals surface area contributed by atoms with Crippen LogP contribution >= 0.6 is 15.9 Å². The van der Waals surface area contributed by atoms with Gasteiger partial charge in [-0.15, -0.1) is 0 Å². The van der Waals surface area contributed by atoms with Crippen molar-refractivity contribution in [1.29, 1.82) is 0 Å². The van der Waals surface area contributed by atoms with E-state index in [9.17, 15) is 0 Å². The van der Waals surface area contributed by atoms with Crippen molar-refractivity contribution in [3.8, 4) is 0 Å². The smallest absolute Gasteiger partial charge is 0.0220 e. The van der Waals surface area contributed by atoms with E-state index in [1.54, 1.807) is 0 Å². The van der Waals surface area contributed by atoms with E-state index in [1.165, 1.54) is 42.4 Å². The summed E-state index contributed by atoms with van der Waals surface area (Å²) in [6, 6.07) is 9.83. The van der Waals surface area contributed by atoms with Crippen molar-refractivity contribution in [2.75, 3.05) is 13.1 Å². The van der Waals surface area contributed by atoms with Crippen LogP contribution in [0.2, 0.25) is 0 Å². The molecular formula is C16H25BrN2. The zero-order valence-electron chi connectivity index (χ0n) is 12.0. The van der Waals surface area contributed by atoms with Crippen LogP contribution in [0.4, 0.5) is 0 Å². The van der Waals surface area contributed by atoms with Crippen LogP contribution in [0.15, 0.2) is 28.7 Å². The molecule has 1 aliphatic heterocycles. The Bertz CT molecular complexity index is 392. The molecule has 0 aromatic heterocycles. The molecule has 106 valence electrons. The third kappa shape index (κ3) is 4.59. The molecule has 0 saturated carbocycles. The molecule has 1 unspecified atom stereocenters. The lowest BCUT2D eigenvalue weighted by molar-refractivity contribution is 0.229. The van der Waals surface area contributed by atoms with E-state index < -0.39 is 0 Å². The minimum atomic E-state index is 0.663. The van der Waals surface area contributed by atoms with Gasteiger partial charge in [0.2, 0.25) is 0 Å². The Kier molecular flexibility index (Phi) is 5.86. The molecule has 1 aromatic carbocycles. The molecule has 0 aliphatic carbocycles. The number of likely N-dealkylation sites (tertiary alicyclic amines) is 1. The highest BCUT2D eigenvalue weighted by atomic mass is 79.9. The standard InChI is InChI=1S/C16H25BrN2/c1-13(2)19-10-5-7-15(9-11-19)18-12-14-6-3-4-8-16(14)17/h3-4,6,8,13,15,18H,5,7,9-12H2,1-2H3. The fourth-order valence-electron chi connectivity index (χ4n) is 2.74. The maximum atomic E-state index is 3.72. The Morgan fingerprint density at radius 3 is 2.79 bits per heavy atom. The molecule has 1 atom stereocenters. The van der Waals surface area contributed by atoms with Crippen molar-refractivity contribution in [2.24, 2.45) is 0 Å². The van der Waals surface area contributed by atoms with Crippen molar-refractivity contribution in [3.63, 3.8) is 0 Å². The third-order valence-electron chi connectivity index (χ3n) is 4.03. The molecule has 0 radical (unpaired) electrons. The van der Waals surface area contributed by atoms with Gasteiger partial charge in [0.1, 0.15) is 0 Å². The highest BCUT2D eigenvalue weighted by molar-refractivity contribution is 9.10.